The van der Waals surface area contributed by atoms with E-state index in [1.807, 2.05) is 0 Å². The largest absolute Gasteiger partial charge is 0.492 e. The fourth-order valence-corrected chi connectivity index (χ4v) is 3.19. The number of hydrogen-bond donors (Lipinski definition) is 0. The van der Waals surface area contributed by atoms with Crippen molar-refractivity contribution in [2.24, 2.45) is 0 Å². The average molecular weight is 339 g/mol. The topological polar surface area (TPSA) is 55.3 Å². The summed E-state index contributed by atoms with van der Waals surface area (Å²) >= 11 is 0. The fourth-order valence-electron chi connectivity index (χ4n) is 3.19. The van der Waals surface area contributed by atoms with Crippen LogP contribution in [-0.4, -0.2) is 35.4 Å². The third kappa shape index (κ3) is 3.24. The maximum Gasteiger partial charge on any atom is 0.225 e. The van der Waals surface area contributed by atoms with Crippen LogP contribution < -0.4 is 9.64 Å². The van der Waals surface area contributed by atoms with Crippen LogP contribution in [0.4, 0.5) is 10.3 Å². The van der Waals surface area contributed by atoms with Gasteiger partial charge in [-0.2, -0.15) is 0 Å². The van der Waals surface area contributed by atoms with Gasteiger partial charge in [0.25, 0.3) is 0 Å². The number of anilines is 1. The van der Waals surface area contributed by atoms with Crippen molar-refractivity contribution in [1.29, 1.82) is 0 Å². The van der Waals surface area contributed by atoms with E-state index in [1.54, 1.807) is 18.5 Å². The van der Waals surface area contributed by atoms with Crippen LogP contribution >= 0.6 is 0 Å². The Balaban J connectivity index is 1.61. The summed E-state index contributed by atoms with van der Waals surface area (Å²) in [6, 6.07) is 4.02. The van der Waals surface area contributed by atoms with Gasteiger partial charge >= 0.3 is 0 Å². The van der Waals surface area contributed by atoms with E-state index in [1.165, 1.54) is 31.0 Å². The smallest absolute Gasteiger partial charge is 0.225 e. The number of nitrogens with zero attached hydrogens (tertiary/aromatic N) is 3. The highest BCUT2D eigenvalue weighted by Crippen LogP contribution is 2.28. The molecule has 2 aromatic rings. The highest BCUT2D eigenvalue weighted by Gasteiger charge is 2.22. The first-order valence-corrected chi connectivity index (χ1v) is 8.45. The van der Waals surface area contributed by atoms with Gasteiger partial charge in [-0.1, -0.05) is 0 Å². The summed E-state index contributed by atoms with van der Waals surface area (Å²) in [7, 11) is 0. The van der Waals surface area contributed by atoms with Gasteiger partial charge in [0.2, 0.25) is 5.95 Å². The number of benzene rings is 1. The van der Waals surface area contributed by atoms with Gasteiger partial charge in [0.15, 0.2) is 5.78 Å². The van der Waals surface area contributed by atoms with Gasteiger partial charge in [-0.3, -0.25) is 4.79 Å². The normalized spacial score (nSPS) is 18.8. The fraction of sp³-hybridized carbons (Fsp3) is 0.316. The molecule has 0 spiro atoms. The van der Waals surface area contributed by atoms with Crippen LogP contribution in [0.5, 0.6) is 5.75 Å². The van der Waals surface area contributed by atoms with Crippen molar-refractivity contribution in [2.75, 3.05) is 24.6 Å². The van der Waals surface area contributed by atoms with Crippen LogP contribution in [0.3, 0.4) is 0 Å². The Bertz CT molecular complexity index is 827. The van der Waals surface area contributed by atoms with E-state index in [-0.39, 0.29) is 11.3 Å². The summed E-state index contributed by atoms with van der Waals surface area (Å²) in [6.45, 7) is 2.35. The number of aromatic nitrogens is 2. The Morgan fingerprint density at radius 3 is 2.68 bits per heavy atom. The summed E-state index contributed by atoms with van der Waals surface area (Å²) in [5.41, 5.74) is 1.59. The van der Waals surface area contributed by atoms with Crippen molar-refractivity contribution in [3.05, 3.63) is 53.1 Å². The molecule has 0 unspecified atom stereocenters. The number of halogens is 1. The molecule has 0 atom stereocenters. The Morgan fingerprint density at radius 2 is 1.92 bits per heavy atom. The van der Waals surface area contributed by atoms with Gasteiger partial charge < -0.3 is 9.64 Å². The zero-order valence-corrected chi connectivity index (χ0v) is 13.7. The lowest BCUT2D eigenvalue weighted by molar-refractivity contribution is 0.103. The number of fused-ring (bicyclic) bond motifs is 1. The Kier molecular flexibility index (Phi) is 4.17. The molecule has 25 heavy (non-hydrogen) atoms. The number of carbonyl (C=O) groups is 1. The van der Waals surface area contributed by atoms with Gasteiger partial charge in [-0.05, 0) is 37.1 Å². The Labute approximate surface area is 145 Å². The van der Waals surface area contributed by atoms with Crippen LogP contribution in [-0.2, 0) is 0 Å². The van der Waals surface area contributed by atoms with E-state index in [4.69, 9.17) is 4.74 Å². The lowest BCUT2D eigenvalue weighted by Gasteiger charge is -2.14. The number of carbonyl (C=O) groups excluding carboxylic acids is 1. The molecule has 2 aliphatic rings. The van der Waals surface area contributed by atoms with Gasteiger partial charge in [-0.25, -0.2) is 14.4 Å². The summed E-state index contributed by atoms with van der Waals surface area (Å²) in [5.74, 6) is 0.490. The van der Waals surface area contributed by atoms with E-state index in [9.17, 15) is 9.18 Å². The quantitative estimate of drug-likeness (QED) is 0.786. The molecule has 1 saturated heterocycles. The number of ether oxygens (including phenoxy) is 1. The van der Waals surface area contributed by atoms with Crippen molar-refractivity contribution in [3.63, 3.8) is 0 Å². The van der Waals surface area contributed by atoms with Crippen LogP contribution in [0.2, 0.25) is 0 Å². The third-order valence-corrected chi connectivity index (χ3v) is 4.49. The van der Waals surface area contributed by atoms with Crippen molar-refractivity contribution in [1.82, 2.24) is 9.97 Å². The highest BCUT2D eigenvalue weighted by molar-refractivity contribution is 6.13. The van der Waals surface area contributed by atoms with Gasteiger partial charge in [0.1, 0.15) is 11.6 Å². The molecule has 0 N–H and O–H groups in total. The van der Waals surface area contributed by atoms with E-state index in [0.29, 0.717) is 24.4 Å². The molecule has 2 aliphatic heterocycles. The molecule has 5 nitrogen and oxygen atoms in total. The van der Waals surface area contributed by atoms with Crippen LogP contribution in [0.15, 0.2) is 36.2 Å². The molecular formula is C19H18FN3O2. The molecule has 4 rings (SSSR count). The summed E-state index contributed by atoms with van der Waals surface area (Å²) in [4.78, 5) is 23.7. The van der Waals surface area contributed by atoms with Gasteiger partial charge in [0, 0.05) is 43.0 Å². The maximum atomic E-state index is 13.5. The summed E-state index contributed by atoms with van der Waals surface area (Å²) in [6.07, 6.45) is 8.00. The molecule has 0 amide bonds. The molecule has 0 aliphatic carbocycles. The van der Waals surface area contributed by atoms with E-state index in [0.717, 1.165) is 24.6 Å². The standard InChI is InChI=1S/C19H18FN3O2/c20-15-3-4-17-16(10-15)18(24)14(5-8-25-17)9-13-11-21-19(22-12-13)23-6-1-2-7-23/h3-4,9-12H,1-2,5-8H2. The van der Waals surface area contributed by atoms with E-state index in [2.05, 4.69) is 14.9 Å². The second kappa shape index (κ2) is 6.63. The molecule has 0 bridgehead atoms. The average Bonchev–Trinajstić information content (AvgIpc) is 3.12. The first kappa shape index (κ1) is 15.7. The number of ketones is 1. The van der Waals surface area contributed by atoms with Crippen molar-refractivity contribution < 1.29 is 13.9 Å². The summed E-state index contributed by atoms with van der Waals surface area (Å²) in [5, 5.41) is 0. The second-order valence-corrected chi connectivity index (χ2v) is 6.25. The second-order valence-electron chi connectivity index (χ2n) is 6.25. The predicted octanol–water partition coefficient (Wildman–Crippen LogP) is 3.26. The highest BCUT2D eigenvalue weighted by atomic mass is 19.1. The van der Waals surface area contributed by atoms with Crippen LogP contribution in [0.1, 0.15) is 35.2 Å². The molecule has 6 heteroatoms. The number of Topliss-reactive ketones (excluding diaryl/α,β-unsaturated/α-hetero) is 1. The minimum Gasteiger partial charge on any atom is -0.492 e. The first-order valence-electron chi connectivity index (χ1n) is 8.45. The molecular weight excluding hydrogens is 321 g/mol. The van der Waals surface area contributed by atoms with Gasteiger partial charge in [0.05, 0.1) is 12.2 Å². The summed E-state index contributed by atoms with van der Waals surface area (Å²) < 4.78 is 19.1. The SMILES string of the molecule is O=C1C(=Cc2cnc(N3CCCC3)nc2)CCOc2ccc(F)cc21. The monoisotopic (exact) mass is 339 g/mol. The molecule has 0 radical (unpaired) electrons. The van der Waals surface area contributed by atoms with Gasteiger partial charge in [-0.15, -0.1) is 0 Å². The molecule has 0 saturated carbocycles. The molecule has 128 valence electrons. The molecule has 1 fully saturated rings. The number of hydrogen-bond acceptors (Lipinski definition) is 5. The van der Waals surface area contributed by atoms with Crippen molar-refractivity contribution in [2.45, 2.75) is 19.3 Å². The van der Waals surface area contributed by atoms with Crippen molar-refractivity contribution in [3.8, 4) is 5.75 Å². The first-order chi connectivity index (χ1) is 12.2. The molecule has 1 aromatic carbocycles. The zero-order chi connectivity index (χ0) is 17.2. The molecule has 1 aromatic heterocycles. The Morgan fingerprint density at radius 1 is 1.16 bits per heavy atom. The van der Waals surface area contributed by atoms with E-state index < -0.39 is 5.82 Å². The minimum atomic E-state index is -0.449. The maximum absolute atomic E-state index is 13.5. The Hall–Kier alpha value is -2.76. The lowest BCUT2D eigenvalue weighted by atomic mass is 9.99. The van der Waals surface area contributed by atoms with Crippen LogP contribution in [0, 0.1) is 5.82 Å². The van der Waals surface area contributed by atoms with E-state index >= 15 is 0 Å². The predicted molar refractivity (Wildman–Crippen MR) is 92.3 cm³/mol. The lowest BCUT2D eigenvalue weighted by Crippen LogP contribution is -2.20. The number of rotatable bonds is 2. The molecule has 3 heterocycles. The minimum absolute atomic E-state index is 0.212. The third-order valence-electron chi connectivity index (χ3n) is 4.49. The van der Waals surface area contributed by atoms with Crippen LogP contribution in [0.25, 0.3) is 6.08 Å². The van der Waals surface area contributed by atoms with Crippen molar-refractivity contribution >= 4 is 17.8 Å². The zero-order valence-electron chi connectivity index (χ0n) is 13.7.